The van der Waals surface area contributed by atoms with Crippen molar-refractivity contribution in [1.29, 1.82) is 0 Å². The molecule has 0 radical (unpaired) electrons. The molecule has 1 amide bonds. The van der Waals surface area contributed by atoms with Gasteiger partial charge >= 0.3 is 0 Å². The van der Waals surface area contributed by atoms with Gasteiger partial charge in [0.2, 0.25) is 0 Å². The average molecular weight is 414 g/mol. The third-order valence-corrected chi connectivity index (χ3v) is 5.74. The van der Waals surface area contributed by atoms with Gasteiger partial charge in [0.15, 0.2) is 0 Å². The Morgan fingerprint density at radius 1 is 1.23 bits per heavy atom. The maximum Gasteiger partial charge on any atom is 0.281 e. The minimum absolute atomic E-state index is 0.0660. The predicted octanol–water partition coefficient (Wildman–Crippen LogP) is 3.43. The summed E-state index contributed by atoms with van der Waals surface area (Å²) in [4.78, 5) is 22.5. The van der Waals surface area contributed by atoms with Gasteiger partial charge in [0.1, 0.15) is 23.0 Å². The molecule has 3 N–H and O–H groups in total. The number of aromatic nitrogens is 3. The Morgan fingerprint density at radius 3 is 2.70 bits per heavy atom. The van der Waals surface area contributed by atoms with Gasteiger partial charge in [-0.05, 0) is 49.9 Å². The molecule has 0 aliphatic heterocycles. The summed E-state index contributed by atoms with van der Waals surface area (Å²) in [7, 11) is 1.97. The van der Waals surface area contributed by atoms with Gasteiger partial charge in [-0.25, -0.2) is 18.7 Å². The van der Waals surface area contributed by atoms with Crippen LogP contribution in [0, 0.1) is 0 Å². The van der Waals surface area contributed by atoms with Gasteiger partial charge in [-0.1, -0.05) is 6.07 Å². The van der Waals surface area contributed by atoms with Crippen molar-refractivity contribution in [1.82, 2.24) is 19.7 Å². The van der Waals surface area contributed by atoms with Crippen LogP contribution in [0.1, 0.15) is 48.2 Å². The zero-order valence-electron chi connectivity index (χ0n) is 16.6. The average Bonchev–Trinajstić information content (AvgIpc) is 3.19. The molecule has 30 heavy (non-hydrogen) atoms. The highest BCUT2D eigenvalue weighted by Crippen LogP contribution is 2.28. The number of nitrogen functional groups attached to an aromatic ring is 1. The van der Waals surface area contributed by atoms with E-state index in [1.54, 1.807) is 28.8 Å². The first-order valence-electron chi connectivity index (χ1n) is 9.94. The fourth-order valence-corrected chi connectivity index (χ4v) is 4.07. The van der Waals surface area contributed by atoms with Crippen LogP contribution in [0.2, 0.25) is 0 Å². The van der Waals surface area contributed by atoms with Crippen LogP contribution in [0.15, 0.2) is 42.7 Å². The summed E-state index contributed by atoms with van der Waals surface area (Å²) in [6.07, 6.45) is 3.74. The minimum Gasteiger partial charge on any atom is -0.383 e. The number of nitrogens with two attached hydrogens (primary N) is 1. The van der Waals surface area contributed by atoms with Crippen LogP contribution in [0.5, 0.6) is 0 Å². The van der Waals surface area contributed by atoms with Crippen molar-refractivity contribution in [3.8, 4) is 0 Å². The number of rotatable bonds is 5. The Morgan fingerprint density at radius 2 is 2.00 bits per heavy atom. The van der Waals surface area contributed by atoms with Crippen LogP contribution < -0.4 is 16.0 Å². The lowest BCUT2D eigenvalue weighted by molar-refractivity contribution is 0.0926. The highest BCUT2D eigenvalue weighted by molar-refractivity contribution is 5.98. The van der Waals surface area contributed by atoms with Gasteiger partial charge in [0, 0.05) is 31.5 Å². The monoisotopic (exact) mass is 414 g/mol. The smallest absolute Gasteiger partial charge is 0.281 e. The van der Waals surface area contributed by atoms with E-state index in [2.05, 4.69) is 20.2 Å². The van der Waals surface area contributed by atoms with Crippen LogP contribution in [-0.4, -0.2) is 39.4 Å². The molecule has 3 aromatic heterocycles. The summed E-state index contributed by atoms with van der Waals surface area (Å²) in [5, 5.41) is 3.04. The normalized spacial score (nSPS) is 19.2. The maximum atomic E-state index is 13.1. The third kappa shape index (κ3) is 3.92. The number of imidazole rings is 1. The lowest BCUT2D eigenvalue weighted by Gasteiger charge is -2.36. The van der Waals surface area contributed by atoms with Gasteiger partial charge in [0.05, 0.1) is 5.56 Å². The number of carbonyl (C=O) groups is 1. The van der Waals surface area contributed by atoms with Crippen LogP contribution in [0.25, 0.3) is 5.65 Å². The van der Waals surface area contributed by atoms with Crippen LogP contribution in [-0.2, 0) is 0 Å². The van der Waals surface area contributed by atoms with Gasteiger partial charge < -0.3 is 16.0 Å². The topological polar surface area (TPSA) is 88.5 Å². The summed E-state index contributed by atoms with van der Waals surface area (Å²) >= 11 is 0. The standard InChI is InChI=1S/C21H24F2N6O/c1-28(18-6-2-5-17-27-16(19(22)23)12-29(17)18)14-9-7-13(8-10-14)26-21(30)15-4-3-11-25-20(15)24/h2-6,11-14,19H,7-10H2,1H3,(H2,24,25)(H,26,30). The fraction of sp³-hybridized carbons (Fsp3) is 0.381. The number of alkyl halides is 2. The van der Waals surface area contributed by atoms with E-state index in [9.17, 15) is 13.6 Å². The van der Waals surface area contributed by atoms with E-state index in [0.717, 1.165) is 31.5 Å². The van der Waals surface area contributed by atoms with Crippen LogP contribution >= 0.6 is 0 Å². The lowest BCUT2D eigenvalue weighted by Crippen LogP contribution is -2.43. The first-order chi connectivity index (χ1) is 14.4. The second-order valence-corrected chi connectivity index (χ2v) is 7.60. The molecule has 1 aliphatic carbocycles. The van der Waals surface area contributed by atoms with E-state index in [1.165, 1.54) is 6.20 Å². The Kier molecular flexibility index (Phi) is 5.52. The summed E-state index contributed by atoms with van der Waals surface area (Å²) < 4.78 is 27.8. The molecule has 9 heteroatoms. The van der Waals surface area contributed by atoms with E-state index >= 15 is 0 Å². The molecule has 0 aromatic carbocycles. The molecule has 0 bridgehead atoms. The Hall–Kier alpha value is -3.23. The van der Waals surface area contributed by atoms with E-state index in [4.69, 9.17) is 5.73 Å². The van der Waals surface area contributed by atoms with Crippen molar-refractivity contribution in [2.75, 3.05) is 17.7 Å². The van der Waals surface area contributed by atoms with Gasteiger partial charge in [-0.15, -0.1) is 0 Å². The molecule has 0 atom stereocenters. The quantitative estimate of drug-likeness (QED) is 0.668. The van der Waals surface area contributed by atoms with Crippen molar-refractivity contribution in [3.05, 3.63) is 54.0 Å². The zero-order valence-corrected chi connectivity index (χ0v) is 16.6. The van der Waals surface area contributed by atoms with Crippen molar-refractivity contribution in [2.24, 2.45) is 0 Å². The second-order valence-electron chi connectivity index (χ2n) is 7.60. The predicted molar refractivity (Wildman–Crippen MR) is 111 cm³/mol. The Labute approximate surface area is 172 Å². The number of pyridine rings is 2. The SMILES string of the molecule is CN(c1cccc2nc(C(F)F)cn12)C1CCC(NC(=O)c2cccnc2N)CC1. The van der Waals surface area contributed by atoms with Crippen molar-refractivity contribution in [3.63, 3.8) is 0 Å². The first-order valence-corrected chi connectivity index (χ1v) is 9.94. The first kappa shape index (κ1) is 20.1. The molecule has 1 fully saturated rings. The fourth-order valence-electron chi connectivity index (χ4n) is 4.07. The van der Waals surface area contributed by atoms with E-state index in [0.29, 0.717) is 11.2 Å². The highest BCUT2D eigenvalue weighted by atomic mass is 19.3. The molecule has 7 nitrogen and oxygen atoms in total. The molecule has 158 valence electrons. The summed E-state index contributed by atoms with van der Waals surface area (Å²) in [5.41, 5.74) is 6.45. The largest absolute Gasteiger partial charge is 0.383 e. The van der Waals surface area contributed by atoms with Gasteiger partial charge in [-0.2, -0.15) is 0 Å². The number of hydrogen-bond donors (Lipinski definition) is 2. The minimum atomic E-state index is -2.60. The van der Waals surface area contributed by atoms with E-state index in [1.807, 2.05) is 19.2 Å². The lowest BCUT2D eigenvalue weighted by atomic mass is 9.90. The number of nitrogens with one attached hydrogen (secondary N) is 1. The summed E-state index contributed by atoms with van der Waals surface area (Å²) in [6.45, 7) is 0. The molecular weight excluding hydrogens is 390 g/mol. The van der Waals surface area contributed by atoms with E-state index < -0.39 is 6.43 Å². The molecule has 4 rings (SSSR count). The molecule has 1 aliphatic rings. The molecule has 3 aromatic rings. The maximum absolute atomic E-state index is 13.1. The number of carbonyl (C=O) groups excluding carboxylic acids is 1. The van der Waals surface area contributed by atoms with Crippen LogP contribution in [0.4, 0.5) is 20.4 Å². The molecule has 0 spiro atoms. The van der Waals surface area contributed by atoms with E-state index in [-0.39, 0.29) is 29.5 Å². The number of anilines is 2. The molecule has 3 heterocycles. The van der Waals surface area contributed by atoms with Crippen molar-refractivity contribution in [2.45, 2.75) is 44.2 Å². The van der Waals surface area contributed by atoms with Crippen molar-refractivity contribution >= 4 is 23.2 Å². The number of hydrogen-bond acceptors (Lipinski definition) is 5. The molecular formula is C21H24F2N6O. The van der Waals surface area contributed by atoms with Gasteiger partial charge in [0.25, 0.3) is 12.3 Å². The summed E-state index contributed by atoms with van der Waals surface area (Å²) in [5.74, 6) is 0.836. The van der Waals surface area contributed by atoms with Crippen LogP contribution in [0.3, 0.4) is 0 Å². The molecule has 1 saturated carbocycles. The summed E-state index contributed by atoms with van der Waals surface area (Å²) in [6, 6.07) is 9.11. The molecule has 0 unspecified atom stereocenters. The zero-order chi connectivity index (χ0) is 21.3. The van der Waals surface area contributed by atoms with Gasteiger partial charge in [-0.3, -0.25) is 9.20 Å². The number of halogens is 2. The third-order valence-electron chi connectivity index (χ3n) is 5.74. The number of nitrogens with zero attached hydrogens (tertiary/aromatic N) is 4. The Bertz CT molecular complexity index is 1040. The highest BCUT2D eigenvalue weighted by Gasteiger charge is 2.27. The van der Waals surface area contributed by atoms with Crippen molar-refractivity contribution < 1.29 is 13.6 Å². The Balaban J connectivity index is 1.41. The second kappa shape index (κ2) is 8.25. The number of amides is 1. The number of fused-ring (bicyclic) bond motifs is 1. The molecule has 0 saturated heterocycles.